The zero-order valence-corrected chi connectivity index (χ0v) is 18.9. The largest absolute Gasteiger partial charge is 0.356 e. The van der Waals surface area contributed by atoms with E-state index in [1.54, 1.807) is 0 Å². The molecule has 0 saturated heterocycles. The topological polar surface area (TPSA) is 12.0 Å². The maximum atomic E-state index is 3.64. The van der Waals surface area contributed by atoms with Crippen molar-refractivity contribution in [2.75, 3.05) is 5.32 Å². The molecule has 33 heavy (non-hydrogen) atoms. The van der Waals surface area contributed by atoms with E-state index in [2.05, 4.69) is 128 Å². The van der Waals surface area contributed by atoms with Crippen molar-refractivity contribution in [2.45, 2.75) is 25.2 Å². The lowest BCUT2D eigenvalue weighted by Gasteiger charge is -2.35. The van der Waals surface area contributed by atoms with Crippen LogP contribution in [0.2, 0.25) is 0 Å². The van der Waals surface area contributed by atoms with Crippen molar-refractivity contribution >= 4 is 11.4 Å². The standard InChI is InChI=1S/C32H27N/c1-23-16-18-26(19-17-23)33-27-20-21-29-28-14-8-9-15-30(28)32(31(29)22-27,24-10-4-2-5-11-24)25-12-6-3-7-13-25/h2,4-6,8-22,33H,3,7H2,1H3. The molecule has 0 aliphatic heterocycles. The summed E-state index contributed by atoms with van der Waals surface area (Å²) in [6.07, 6.45) is 9.31. The Bertz CT molecular complexity index is 1380. The van der Waals surface area contributed by atoms with Crippen LogP contribution in [0, 0.1) is 6.92 Å². The Morgan fingerprint density at radius 2 is 1.39 bits per heavy atom. The monoisotopic (exact) mass is 425 g/mol. The predicted molar refractivity (Wildman–Crippen MR) is 139 cm³/mol. The molecular formula is C32H27N. The molecule has 4 aromatic rings. The van der Waals surface area contributed by atoms with Gasteiger partial charge in [0.25, 0.3) is 0 Å². The average Bonchev–Trinajstić information content (AvgIpc) is 3.17. The highest BCUT2D eigenvalue weighted by Gasteiger charge is 2.46. The first-order chi connectivity index (χ1) is 16.3. The molecule has 0 bridgehead atoms. The molecule has 2 aliphatic rings. The quantitative estimate of drug-likeness (QED) is 0.346. The van der Waals surface area contributed by atoms with Gasteiger partial charge in [-0.15, -0.1) is 0 Å². The van der Waals surface area contributed by atoms with E-state index in [-0.39, 0.29) is 5.41 Å². The van der Waals surface area contributed by atoms with Crippen molar-refractivity contribution in [3.05, 3.63) is 143 Å². The van der Waals surface area contributed by atoms with Crippen molar-refractivity contribution in [3.8, 4) is 11.1 Å². The zero-order chi connectivity index (χ0) is 22.3. The van der Waals surface area contributed by atoms with Gasteiger partial charge in [0.05, 0.1) is 5.41 Å². The molecule has 4 aromatic carbocycles. The van der Waals surface area contributed by atoms with E-state index >= 15 is 0 Å². The summed E-state index contributed by atoms with van der Waals surface area (Å²) in [4.78, 5) is 0. The van der Waals surface area contributed by atoms with Crippen LogP contribution in [0.1, 0.15) is 35.1 Å². The third-order valence-corrected chi connectivity index (χ3v) is 7.02. The fourth-order valence-electron chi connectivity index (χ4n) is 5.53. The number of fused-ring (bicyclic) bond motifs is 3. The van der Waals surface area contributed by atoms with Crippen LogP contribution in [0.15, 0.2) is 121 Å². The molecule has 6 rings (SSSR count). The predicted octanol–water partition coefficient (Wildman–Crippen LogP) is 8.33. The summed E-state index contributed by atoms with van der Waals surface area (Å²) >= 11 is 0. The summed E-state index contributed by atoms with van der Waals surface area (Å²) in [5.74, 6) is 0. The van der Waals surface area contributed by atoms with E-state index < -0.39 is 0 Å². The van der Waals surface area contributed by atoms with E-state index in [0.717, 1.165) is 24.2 Å². The maximum absolute atomic E-state index is 3.64. The van der Waals surface area contributed by atoms with E-state index in [9.17, 15) is 0 Å². The first-order valence-corrected chi connectivity index (χ1v) is 11.8. The number of allylic oxidation sites excluding steroid dienone is 4. The van der Waals surface area contributed by atoms with Crippen LogP contribution in [0.4, 0.5) is 11.4 Å². The summed E-state index contributed by atoms with van der Waals surface area (Å²) in [5, 5.41) is 3.64. The second-order valence-corrected chi connectivity index (χ2v) is 9.05. The van der Waals surface area contributed by atoms with Crippen LogP contribution >= 0.6 is 0 Å². The van der Waals surface area contributed by atoms with E-state index in [0.29, 0.717) is 0 Å². The normalized spacial score (nSPS) is 18.4. The minimum atomic E-state index is -0.310. The molecule has 0 radical (unpaired) electrons. The lowest BCUT2D eigenvalue weighted by molar-refractivity contribution is 0.752. The van der Waals surface area contributed by atoms with Gasteiger partial charge < -0.3 is 5.32 Å². The second-order valence-electron chi connectivity index (χ2n) is 9.05. The molecule has 1 atom stereocenters. The first-order valence-electron chi connectivity index (χ1n) is 11.8. The number of nitrogens with one attached hydrogen (secondary N) is 1. The molecule has 0 amide bonds. The number of rotatable bonds is 4. The highest BCUT2D eigenvalue weighted by molar-refractivity contribution is 5.88. The van der Waals surface area contributed by atoms with Crippen molar-refractivity contribution in [3.63, 3.8) is 0 Å². The maximum Gasteiger partial charge on any atom is 0.0711 e. The molecule has 0 aromatic heterocycles. The SMILES string of the molecule is Cc1ccc(Nc2ccc3c(c2)C(C2=CCCC=C2)(c2ccccc2)c2ccccc2-3)cc1. The first kappa shape index (κ1) is 19.8. The summed E-state index contributed by atoms with van der Waals surface area (Å²) < 4.78 is 0. The Morgan fingerprint density at radius 1 is 0.667 bits per heavy atom. The molecule has 160 valence electrons. The Balaban J connectivity index is 1.61. The van der Waals surface area contributed by atoms with E-state index in [1.807, 2.05) is 0 Å². The second kappa shape index (κ2) is 7.94. The lowest BCUT2D eigenvalue weighted by Crippen LogP contribution is -2.29. The molecule has 1 nitrogen and oxygen atoms in total. The molecule has 0 fully saturated rings. The molecule has 0 saturated carbocycles. The molecule has 1 N–H and O–H groups in total. The summed E-state index contributed by atoms with van der Waals surface area (Å²) in [5.41, 5.74) is 11.3. The third kappa shape index (κ3) is 3.15. The highest BCUT2D eigenvalue weighted by Crippen LogP contribution is 2.57. The summed E-state index contributed by atoms with van der Waals surface area (Å²) in [6, 6.07) is 35.4. The molecule has 0 heterocycles. The van der Waals surface area contributed by atoms with Crippen LogP contribution in [-0.4, -0.2) is 0 Å². The smallest absolute Gasteiger partial charge is 0.0711 e. The van der Waals surface area contributed by atoms with Gasteiger partial charge in [0.1, 0.15) is 0 Å². The number of hydrogen-bond donors (Lipinski definition) is 1. The van der Waals surface area contributed by atoms with Gasteiger partial charge in [-0.05, 0) is 77.4 Å². The van der Waals surface area contributed by atoms with Gasteiger partial charge in [0, 0.05) is 11.4 Å². The zero-order valence-electron chi connectivity index (χ0n) is 18.9. The number of hydrogen-bond acceptors (Lipinski definition) is 1. The number of benzene rings is 4. The van der Waals surface area contributed by atoms with Crippen LogP contribution in [0.5, 0.6) is 0 Å². The average molecular weight is 426 g/mol. The van der Waals surface area contributed by atoms with Gasteiger partial charge in [-0.1, -0.05) is 96.6 Å². The van der Waals surface area contributed by atoms with E-state index in [4.69, 9.17) is 0 Å². The fourth-order valence-corrected chi connectivity index (χ4v) is 5.53. The minimum absolute atomic E-state index is 0.310. The van der Waals surface area contributed by atoms with Crippen LogP contribution in [0.25, 0.3) is 11.1 Å². The fraction of sp³-hybridized carbons (Fsp3) is 0.125. The van der Waals surface area contributed by atoms with Gasteiger partial charge in [0.2, 0.25) is 0 Å². The summed E-state index contributed by atoms with van der Waals surface area (Å²) in [7, 11) is 0. The van der Waals surface area contributed by atoms with Gasteiger partial charge >= 0.3 is 0 Å². The minimum Gasteiger partial charge on any atom is -0.356 e. The molecular weight excluding hydrogens is 398 g/mol. The van der Waals surface area contributed by atoms with Gasteiger partial charge in [-0.2, -0.15) is 0 Å². The van der Waals surface area contributed by atoms with Crippen molar-refractivity contribution in [2.24, 2.45) is 0 Å². The van der Waals surface area contributed by atoms with Gasteiger partial charge in [-0.25, -0.2) is 0 Å². The Kier molecular flexibility index (Phi) is 4.77. The van der Waals surface area contributed by atoms with Crippen LogP contribution in [-0.2, 0) is 5.41 Å². The van der Waals surface area contributed by atoms with E-state index in [1.165, 1.54) is 39.0 Å². The van der Waals surface area contributed by atoms with Crippen LogP contribution in [0.3, 0.4) is 0 Å². The third-order valence-electron chi connectivity index (χ3n) is 7.02. The van der Waals surface area contributed by atoms with Crippen molar-refractivity contribution in [1.82, 2.24) is 0 Å². The van der Waals surface area contributed by atoms with Gasteiger partial charge in [-0.3, -0.25) is 0 Å². The van der Waals surface area contributed by atoms with Crippen molar-refractivity contribution < 1.29 is 0 Å². The molecule has 1 unspecified atom stereocenters. The van der Waals surface area contributed by atoms with Crippen LogP contribution < -0.4 is 5.32 Å². The number of anilines is 2. The highest BCUT2D eigenvalue weighted by atomic mass is 14.9. The van der Waals surface area contributed by atoms with Crippen molar-refractivity contribution in [1.29, 1.82) is 0 Å². The Hall–Kier alpha value is -3.84. The van der Waals surface area contributed by atoms with Gasteiger partial charge in [0.15, 0.2) is 0 Å². The Labute approximate surface area is 196 Å². The Morgan fingerprint density at radius 3 is 2.18 bits per heavy atom. The number of aryl methyl sites for hydroxylation is 1. The molecule has 2 aliphatic carbocycles. The summed E-state index contributed by atoms with van der Waals surface area (Å²) in [6.45, 7) is 2.12. The lowest BCUT2D eigenvalue weighted by atomic mass is 9.66. The molecule has 1 heteroatoms. The molecule has 0 spiro atoms.